The molecule has 0 aliphatic heterocycles. The van der Waals surface area contributed by atoms with Gasteiger partial charge in [0, 0.05) is 18.7 Å². The van der Waals surface area contributed by atoms with Gasteiger partial charge in [-0.15, -0.1) is 0 Å². The number of nitrogens with one attached hydrogen (secondary N) is 1. The van der Waals surface area contributed by atoms with E-state index in [4.69, 9.17) is 18.9 Å². The van der Waals surface area contributed by atoms with Crippen molar-refractivity contribution in [2.75, 3.05) is 33.0 Å². The smallest absolute Gasteiger partial charge is 0.407 e. The largest absolute Gasteiger partial charge is 0.490 e. The van der Waals surface area contributed by atoms with Crippen LogP contribution in [0.15, 0.2) is 42.5 Å². The molecule has 0 bridgehead atoms. The predicted octanol–water partition coefficient (Wildman–Crippen LogP) is 3.49. The third-order valence-corrected chi connectivity index (χ3v) is 3.63. The fourth-order valence-electron chi connectivity index (χ4n) is 2.15. The molecule has 0 aliphatic rings. The Kier molecular flexibility index (Phi) is 12.2. The van der Waals surface area contributed by atoms with Crippen LogP contribution in [0.2, 0.25) is 0 Å². The van der Waals surface area contributed by atoms with E-state index in [1.807, 2.05) is 37.3 Å². The van der Waals surface area contributed by atoms with Crippen LogP contribution in [0.1, 0.15) is 33.1 Å². The Morgan fingerprint density at radius 3 is 2.54 bits per heavy atom. The van der Waals surface area contributed by atoms with Crippen molar-refractivity contribution in [1.29, 1.82) is 0 Å². The van der Waals surface area contributed by atoms with Gasteiger partial charge in [0.25, 0.3) is 0 Å². The van der Waals surface area contributed by atoms with Gasteiger partial charge < -0.3 is 24.3 Å². The van der Waals surface area contributed by atoms with Gasteiger partial charge >= 0.3 is 12.1 Å². The van der Waals surface area contributed by atoms with Crippen molar-refractivity contribution in [1.82, 2.24) is 5.32 Å². The summed E-state index contributed by atoms with van der Waals surface area (Å²) in [6.45, 7) is 8.86. The van der Waals surface area contributed by atoms with Gasteiger partial charge in [-0.3, -0.25) is 0 Å². The van der Waals surface area contributed by atoms with Crippen LogP contribution in [-0.4, -0.2) is 51.1 Å². The average molecular weight is 393 g/mol. The summed E-state index contributed by atoms with van der Waals surface area (Å²) in [7, 11) is 0. The molecule has 0 aliphatic carbocycles. The topological polar surface area (TPSA) is 83.1 Å². The van der Waals surface area contributed by atoms with Crippen molar-refractivity contribution in [2.24, 2.45) is 0 Å². The highest BCUT2D eigenvalue weighted by Gasteiger charge is 2.15. The summed E-state index contributed by atoms with van der Waals surface area (Å²) in [5.41, 5.74) is 0.391. The van der Waals surface area contributed by atoms with Gasteiger partial charge in [-0.1, -0.05) is 24.8 Å². The first-order chi connectivity index (χ1) is 13.5. The van der Waals surface area contributed by atoms with E-state index < -0.39 is 12.2 Å². The van der Waals surface area contributed by atoms with Gasteiger partial charge in [0.1, 0.15) is 12.4 Å². The molecule has 7 heteroatoms. The lowest BCUT2D eigenvalue weighted by Crippen LogP contribution is -2.35. The first kappa shape index (κ1) is 23.5. The van der Waals surface area contributed by atoms with Crippen LogP contribution >= 0.6 is 0 Å². The van der Waals surface area contributed by atoms with Crippen molar-refractivity contribution in [2.45, 2.75) is 39.2 Å². The number of unbranched alkanes of at least 4 members (excludes halogenated alkanes) is 2. The summed E-state index contributed by atoms with van der Waals surface area (Å²) in [5, 5.41) is 2.71. The maximum atomic E-state index is 12.0. The van der Waals surface area contributed by atoms with Crippen LogP contribution in [0, 0.1) is 0 Å². The Labute approximate surface area is 167 Å². The molecule has 1 N–H and O–H groups in total. The van der Waals surface area contributed by atoms with Crippen molar-refractivity contribution in [3.8, 4) is 5.75 Å². The Bertz CT molecular complexity index is 590. The lowest BCUT2D eigenvalue weighted by atomic mass is 10.2. The minimum atomic E-state index is -0.505. The number of rotatable bonds is 14. The van der Waals surface area contributed by atoms with Gasteiger partial charge in [0.05, 0.1) is 13.2 Å². The maximum absolute atomic E-state index is 12.0. The number of amides is 1. The number of hydrogen-bond acceptors (Lipinski definition) is 6. The quantitative estimate of drug-likeness (QED) is 0.296. The van der Waals surface area contributed by atoms with E-state index in [1.165, 1.54) is 0 Å². The number of benzene rings is 1. The summed E-state index contributed by atoms with van der Waals surface area (Å²) in [4.78, 5) is 23.2. The van der Waals surface area contributed by atoms with Crippen molar-refractivity contribution >= 4 is 12.1 Å². The molecule has 0 saturated heterocycles. The van der Waals surface area contributed by atoms with Crippen molar-refractivity contribution in [3.63, 3.8) is 0 Å². The highest BCUT2D eigenvalue weighted by atomic mass is 16.6. The van der Waals surface area contributed by atoms with Crippen LogP contribution in [0.25, 0.3) is 0 Å². The molecule has 0 spiro atoms. The molecule has 0 saturated carbocycles. The molecule has 1 unspecified atom stereocenters. The van der Waals surface area contributed by atoms with Gasteiger partial charge in [-0.05, 0) is 45.2 Å². The van der Waals surface area contributed by atoms with E-state index in [-0.39, 0.29) is 19.2 Å². The Morgan fingerprint density at radius 2 is 1.86 bits per heavy atom. The van der Waals surface area contributed by atoms with E-state index in [0.29, 0.717) is 31.1 Å². The van der Waals surface area contributed by atoms with E-state index in [0.717, 1.165) is 19.3 Å². The minimum absolute atomic E-state index is 0.214. The van der Waals surface area contributed by atoms with Gasteiger partial charge in [0.2, 0.25) is 0 Å². The van der Waals surface area contributed by atoms with Crippen molar-refractivity contribution < 1.29 is 28.5 Å². The van der Waals surface area contributed by atoms with Crippen LogP contribution in [0.5, 0.6) is 5.75 Å². The summed E-state index contributed by atoms with van der Waals surface area (Å²) < 4.78 is 21.4. The Hall–Kier alpha value is -2.54. The second-order valence-corrected chi connectivity index (χ2v) is 6.21. The standard InChI is InChI=1S/C21H31NO6/c1-4-25-15-19(16-27-18-11-7-5-8-12-18)28-21(24)22-13-9-6-10-14-26-20(23)17(2)3/h5,7-8,11-12,19H,2,4,6,9-10,13-16H2,1,3H3,(H,22,24). The first-order valence-corrected chi connectivity index (χ1v) is 9.55. The molecule has 156 valence electrons. The Morgan fingerprint density at radius 1 is 1.11 bits per heavy atom. The number of hydrogen-bond donors (Lipinski definition) is 1. The fraction of sp³-hybridized carbons (Fsp3) is 0.524. The Balaban J connectivity index is 2.19. The molecular formula is C21H31NO6. The third-order valence-electron chi connectivity index (χ3n) is 3.63. The second kappa shape index (κ2) is 14.5. The predicted molar refractivity (Wildman–Crippen MR) is 106 cm³/mol. The SMILES string of the molecule is C=C(C)C(=O)OCCCCCNC(=O)OC(COCC)COc1ccccc1. The molecular weight excluding hydrogens is 362 g/mol. The van der Waals surface area contributed by atoms with Gasteiger partial charge in [-0.25, -0.2) is 9.59 Å². The molecule has 7 nitrogen and oxygen atoms in total. The zero-order chi connectivity index (χ0) is 20.6. The summed E-state index contributed by atoms with van der Waals surface area (Å²) in [6, 6.07) is 9.33. The maximum Gasteiger partial charge on any atom is 0.407 e. The molecule has 1 atom stereocenters. The average Bonchev–Trinajstić information content (AvgIpc) is 2.69. The van der Waals surface area contributed by atoms with E-state index >= 15 is 0 Å². The monoisotopic (exact) mass is 393 g/mol. The highest BCUT2D eigenvalue weighted by Crippen LogP contribution is 2.09. The first-order valence-electron chi connectivity index (χ1n) is 9.55. The molecule has 1 aromatic rings. The second-order valence-electron chi connectivity index (χ2n) is 6.21. The molecule has 28 heavy (non-hydrogen) atoms. The van der Waals surface area contributed by atoms with E-state index in [9.17, 15) is 9.59 Å². The van der Waals surface area contributed by atoms with E-state index in [2.05, 4.69) is 11.9 Å². The molecule has 0 radical (unpaired) electrons. The summed E-state index contributed by atoms with van der Waals surface area (Å²) >= 11 is 0. The normalized spacial score (nSPS) is 11.4. The minimum Gasteiger partial charge on any atom is -0.490 e. The van der Waals surface area contributed by atoms with Crippen LogP contribution in [0.3, 0.4) is 0 Å². The zero-order valence-electron chi connectivity index (χ0n) is 16.8. The number of esters is 1. The lowest BCUT2D eigenvalue weighted by molar-refractivity contribution is -0.139. The molecule has 1 amide bonds. The van der Waals surface area contributed by atoms with Gasteiger partial charge in [0.15, 0.2) is 6.10 Å². The highest BCUT2D eigenvalue weighted by molar-refractivity contribution is 5.86. The summed E-state index contributed by atoms with van der Waals surface area (Å²) in [5.74, 6) is 0.333. The molecule has 0 fully saturated rings. The van der Waals surface area contributed by atoms with Crippen LogP contribution in [-0.2, 0) is 19.0 Å². The molecule has 0 heterocycles. The molecule has 1 rings (SSSR count). The number of alkyl carbamates (subject to hydrolysis) is 1. The number of ether oxygens (including phenoxy) is 4. The van der Waals surface area contributed by atoms with Crippen LogP contribution < -0.4 is 10.1 Å². The third kappa shape index (κ3) is 11.2. The van der Waals surface area contributed by atoms with Crippen LogP contribution in [0.4, 0.5) is 4.79 Å². The number of para-hydroxylation sites is 1. The lowest BCUT2D eigenvalue weighted by Gasteiger charge is -2.18. The number of carbonyl (C=O) groups excluding carboxylic acids is 2. The fourth-order valence-corrected chi connectivity index (χ4v) is 2.15. The van der Waals surface area contributed by atoms with E-state index in [1.54, 1.807) is 6.92 Å². The van der Waals surface area contributed by atoms with Crippen molar-refractivity contribution in [3.05, 3.63) is 42.5 Å². The molecule has 0 aromatic heterocycles. The number of carbonyl (C=O) groups is 2. The summed E-state index contributed by atoms with van der Waals surface area (Å²) in [6.07, 6.45) is 1.31. The molecule has 1 aromatic carbocycles. The zero-order valence-corrected chi connectivity index (χ0v) is 16.8. The van der Waals surface area contributed by atoms with Gasteiger partial charge in [-0.2, -0.15) is 0 Å².